The van der Waals surface area contributed by atoms with Crippen LogP contribution in [-0.4, -0.2) is 36.6 Å². The lowest BCUT2D eigenvalue weighted by Gasteiger charge is -2.10. The van der Waals surface area contributed by atoms with Crippen LogP contribution in [0.15, 0.2) is 66.7 Å². The van der Waals surface area contributed by atoms with Crippen molar-refractivity contribution in [1.82, 2.24) is 15.1 Å². The van der Waals surface area contributed by atoms with Crippen LogP contribution in [0.1, 0.15) is 16.7 Å². The number of benzene rings is 3. The van der Waals surface area contributed by atoms with Gasteiger partial charge in [-0.15, -0.1) is 0 Å². The standard InChI is InChI=1S/C26H25F3N4O3/c1-35-22-12-9-17(15-23(22)36-2)13-14-30-25(34)31-24-20-5-3-4-6-21(20)33(32-24)16-18-7-10-19(11-8-18)26(27,28)29/h3-12,15H,13-14,16H2,1-2H3,(H2,30,31,32,34). The molecule has 0 fully saturated rings. The van der Waals surface area contributed by atoms with Crippen molar-refractivity contribution >= 4 is 22.8 Å². The third kappa shape index (κ3) is 5.70. The van der Waals surface area contributed by atoms with Crippen molar-refractivity contribution in [3.05, 3.63) is 83.4 Å². The molecule has 2 amide bonds. The molecule has 0 saturated heterocycles. The number of fused-ring (bicyclic) bond motifs is 1. The Morgan fingerprint density at radius 3 is 2.33 bits per heavy atom. The molecule has 3 aromatic carbocycles. The molecule has 36 heavy (non-hydrogen) atoms. The Labute approximate surface area is 205 Å². The van der Waals surface area contributed by atoms with Crippen LogP contribution in [0.25, 0.3) is 10.9 Å². The molecule has 10 heteroatoms. The van der Waals surface area contributed by atoms with E-state index in [9.17, 15) is 18.0 Å². The number of alkyl halides is 3. The molecule has 4 aromatic rings. The van der Waals surface area contributed by atoms with Crippen LogP contribution in [0, 0.1) is 0 Å². The first-order chi connectivity index (χ1) is 17.3. The number of halogens is 3. The van der Waals surface area contributed by atoms with Gasteiger partial charge in [-0.2, -0.15) is 18.3 Å². The predicted octanol–water partition coefficient (Wildman–Crippen LogP) is 5.48. The van der Waals surface area contributed by atoms with E-state index in [1.165, 1.54) is 12.1 Å². The molecule has 1 aromatic heterocycles. The molecular formula is C26H25F3N4O3. The topological polar surface area (TPSA) is 77.4 Å². The van der Waals surface area contributed by atoms with Gasteiger partial charge in [0, 0.05) is 11.9 Å². The van der Waals surface area contributed by atoms with E-state index in [-0.39, 0.29) is 6.54 Å². The van der Waals surface area contributed by atoms with E-state index in [0.717, 1.165) is 28.6 Å². The van der Waals surface area contributed by atoms with Crippen LogP contribution in [0.5, 0.6) is 11.5 Å². The van der Waals surface area contributed by atoms with Gasteiger partial charge in [-0.3, -0.25) is 10.00 Å². The average Bonchev–Trinajstić information content (AvgIpc) is 3.20. The summed E-state index contributed by atoms with van der Waals surface area (Å²) < 4.78 is 50.8. The number of rotatable bonds is 8. The van der Waals surface area contributed by atoms with Crippen LogP contribution in [-0.2, 0) is 19.1 Å². The second-order valence-corrected chi connectivity index (χ2v) is 8.04. The third-order valence-corrected chi connectivity index (χ3v) is 5.65. The van der Waals surface area contributed by atoms with Gasteiger partial charge in [-0.05, 0) is 53.9 Å². The molecule has 0 unspecified atom stereocenters. The number of carbonyl (C=O) groups is 1. The number of carbonyl (C=O) groups excluding carboxylic acids is 1. The highest BCUT2D eigenvalue weighted by atomic mass is 19.4. The molecule has 0 aliphatic rings. The maximum atomic E-state index is 12.9. The average molecular weight is 499 g/mol. The Morgan fingerprint density at radius 2 is 1.64 bits per heavy atom. The fourth-order valence-electron chi connectivity index (χ4n) is 3.82. The molecule has 4 rings (SSSR count). The Bertz CT molecular complexity index is 1350. The first kappa shape index (κ1) is 24.9. The van der Waals surface area contributed by atoms with Crippen molar-refractivity contribution in [2.75, 3.05) is 26.1 Å². The predicted molar refractivity (Wildman–Crippen MR) is 131 cm³/mol. The molecule has 188 valence electrons. The van der Waals surface area contributed by atoms with Crippen LogP contribution in [0.4, 0.5) is 23.8 Å². The molecule has 7 nitrogen and oxygen atoms in total. The molecular weight excluding hydrogens is 473 g/mol. The lowest BCUT2D eigenvalue weighted by Crippen LogP contribution is -2.30. The summed E-state index contributed by atoms with van der Waals surface area (Å²) in [6.07, 6.45) is -3.81. The minimum atomic E-state index is -4.39. The molecule has 0 bridgehead atoms. The van der Waals surface area contributed by atoms with Crippen molar-refractivity contribution < 1.29 is 27.4 Å². The second kappa shape index (κ2) is 10.6. The van der Waals surface area contributed by atoms with Gasteiger partial charge in [0.25, 0.3) is 0 Å². The van der Waals surface area contributed by atoms with E-state index in [2.05, 4.69) is 15.7 Å². The number of nitrogens with one attached hydrogen (secondary N) is 2. The summed E-state index contributed by atoms with van der Waals surface area (Å²) in [5.41, 5.74) is 1.67. The summed E-state index contributed by atoms with van der Waals surface area (Å²) in [6.45, 7) is 0.632. The molecule has 0 aliphatic heterocycles. The van der Waals surface area contributed by atoms with Crippen LogP contribution in [0.3, 0.4) is 0 Å². The summed E-state index contributed by atoms with van der Waals surface area (Å²) in [5, 5.41) is 10.8. The summed E-state index contributed by atoms with van der Waals surface area (Å²) in [7, 11) is 3.13. The molecule has 0 radical (unpaired) electrons. The van der Waals surface area contributed by atoms with Gasteiger partial charge in [-0.25, -0.2) is 4.79 Å². The van der Waals surface area contributed by atoms with Crippen LogP contribution < -0.4 is 20.1 Å². The lowest BCUT2D eigenvalue weighted by molar-refractivity contribution is -0.137. The van der Waals surface area contributed by atoms with Gasteiger partial charge in [0.2, 0.25) is 0 Å². The minimum absolute atomic E-state index is 0.251. The molecule has 0 atom stereocenters. The second-order valence-electron chi connectivity index (χ2n) is 8.04. The van der Waals surface area contributed by atoms with E-state index in [4.69, 9.17) is 9.47 Å². The van der Waals surface area contributed by atoms with Crippen LogP contribution >= 0.6 is 0 Å². The summed E-state index contributed by atoms with van der Waals surface area (Å²) in [5.74, 6) is 1.61. The van der Waals surface area contributed by atoms with Gasteiger partial charge in [0.15, 0.2) is 17.3 Å². The third-order valence-electron chi connectivity index (χ3n) is 5.65. The number of methoxy groups -OCH3 is 2. The van der Waals surface area contributed by atoms with Gasteiger partial charge in [0.05, 0.1) is 31.8 Å². The summed E-state index contributed by atoms with van der Waals surface area (Å²) in [4.78, 5) is 12.5. The van der Waals surface area contributed by atoms with E-state index in [0.29, 0.717) is 35.8 Å². The van der Waals surface area contributed by atoms with Crippen LogP contribution in [0.2, 0.25) is 0 Å². The largest absolute Gasteiger partial charge is 0.493 e. The quantitative estimate of drug-likeness (QED) is 0.337. The van der Waals surface area contributed by atoms with E-state index < -0.39 is 17.8 Å². The maximum absolute atomic E-state index is 12.9. The van der Waals surface area contributed by atoms with E-state index in [1.54, 1.807) is 18.9 Å². The Balaban J connectivity index is 1.42. The highest BCUT2D eigenvalue weighted by Gasteiger charge is 2.30. The number of hydrogen-bond donors (Lipinski definition) is 2. The first-order valence-corrected chi connectivity index (χ1v) is 11.2. The Hall–Kier alpha value is -4.21. The summed E-state index contributed by atoms with van der Waals surface area (Å²) in [6, 6.07) is 17.4. The molecule has 2 N–H and O–H groups in total. The number of aromatic nitrogens is 2. The highest BCUT2D eigenvalue weighted by molar-refractivity contribution is 5.99. The molecule has 0 saturated carbocycles. The normalized spacial score (nSPS) is 11.4. The van der Waals surface area contributed by atoms with Crippen molar-refractivity contribution in [1.29, 1.82) is 0 Å². The van der Waals surface area contributed by atoms with Gasteiger partial charge in [-0.1, -0.05) is 30.3 Å². The number of para-hydroxylation sites is 1. The number of anilines is 1. The molecule has 0 spiro atoms. The zero-order valence-electron chi connectivity index (χ0n) is 19.7. The lowest BCUT2D eigenvalue weighted by atomic mass is 10.1. The summed E-state index contributed by atoms with van der Waals surface area (Å²) >= 11 is 0. The number of ether oxygens (including phenoxy) is 2. The number of nitrogens with zero attached hydrogens (tertiary/aromatic N) is 2. The van der Waals surface area contributed by atoms with Crippen molar-refractivity contribution in [2.24, 2.45) is 0 Å². The SMILES string of the molecule is COc1ccc(CCNC(=O)Nc2nn(Cc3ccc(C(F)(F)F)cc3)c3ccccc23)cc1OC. The molecule has 0 aliphatic carbocycles. The molecule has 1 heterocycles. The minimum Gasteiger partial charge on any atom is -0.493 e. The first-order valence-electron chi connectivity index (χ1n) is 11.2. The van der Waals surface area contributed by atoms with Gasteiger partial charge >= 0.3 is 12.2 Å². The van der Waals surface area contributed by atoms with Crippen molar-refractivity contribution in [2.45, 2.75) is 19.1 Å². The van der Waals surface area contributed by atoms with E-state index >= 15 is 0 Å². The number of urea groups is 1. The fourth-order valence-corrected chi connectivity index (χ4v) is 3.82. The number of hydrogen-bond acceptors (Lipinski definition) is 4. The maximum Gasteiger partial charge on any atom is 0.416 e. The smallest absolute Gasteiger partial charge is 0.416 e. The zero-order valence-corrected chi connectivity index (χ0v) is 19.7. The Morgan fingerprint density at radius 1 is 0.944 bits per heavy atom. The Kier molecular flexibility index (Phi) is 7.33. The monoisotopic (exact) mass is 498 g/mol. The number of amides is 2. The van der Waals surface area contributed by atoms with Crippen molar-refractivity contribution in [3.63, 3.8) is 0 Å². The van der Waals surface area contributed by atoms with Crippen molar-refractivity contribution in [3.8, 4) is 11.5 Å². The van der Waals surface area contributed by atoms with E-state index in [1.807, 2.05) is 42.5 Å². The van der Waals surface area contributed by atoms with Gasteiger partial charge in [0.1, 0.15) is 0 Å². The fraction of sp³-hybridized carbons (Fsp3) is 0.231. The zero-order chi connectivity index (χ0) is 25.7. The highest BCUT2D eigenvalue weighted by Crippen LogP contribution is 2.30. The van der Waals surface area contributed by atoms with Gasteiger partial charge < -0.3 is 14.8 Å².